The van der Waals surface area contributed by atoms with Gasteiger partial charge in [-0.3, -0.25) is 14.4 Å². The molecule has 0 bridgehead atoms. The normalized spacial score (nSPS) is 11.5. The molecule has 1 rings (SSSR count). The van der Waals surface area contributed by atoms with E-state index in [-0.39, 0.29) is 13.0 Å². The minimum absolute atomic E-state index is 0.0560. The van der Waals surface area contributed by atoms with E-state index in [4.69, 9.17) is 5.11 Å². The van der Waals surface area contributed by atoms with Gasteiger partial charge >= 0.3 is 5.97 Å². The molecule has 0 saturated heterocycles. The summed E-state index contributed by atoms with van der Waals surface area (Å²) in [6.45, 7) is 0.987. The molecular weight excluding hydrogens is 267 g/mol. The van der Waals surface area contributed by atoms with Gasteiger partial charge in [-0.1, -0.05) is 12.1 Å². The van der Waals surface area contributed by atoms with Crippen LogP contribution in [0.15, 0.2) is 24.3 Å². The third-order valence-electron chi connectivity index (χ3n) is 2.45. The smallest absolute Gasteiger partial charge is 0.325 e. The Morgan fingerprint density at radius 1 is 1.30 bits per heavy atom. The molecule has 1 aromatic rings. The van der Waals surface area contributed by atoms with Gasteiger partial charge in [0.15, 0.2) is 0 Å². The zero-order valence-corrected chi connectivity index (χ0v) is 10.9. The number of benzene rings is 1. The number of aliphatic carboxylic acids is 1. The average molecular weight is 282 g/mol. The number of carbonyl (C=O) groups is 3. The Morgan fingerprint density at radius 3 is 2.60 bits per heavy atom. The number of hydrogen-bond donors (Lipinski definition) is 3. The maximum Gasteiger partial charge on any atom is 0.325 e. The maximum atomic E-state index is 12.9. The molecule has 1 unspecified atom stereocenters. The van der Waals surface area contributed by atoms with E-state index in [9.17, 15) is 18.8 Å². The molecule has 0 aliphatic rings. The zero-order valence-electron chi connectivity index (χ0n) is 10.9. The molecule has 108 valence electrons. The highest BCUT2D eigenvalue weighted by molar-refractivity contribution is 5.88. The Morgan fingerprint density at radius 2 is 2.00 bits per heavy atom. The summed E-state index contributed by atoms with van der Waals surface area (Å²) in [5, 5.41) is 13.1. The number of rotatable bonds is 6. The quantitative estimate of drug-likeness (QED) is 0.688. The minimum Gasteiger partial charge on any atom is -0.480 e. The number of nitrogens with one attached hydrogen (secondary N) is 2. The minimum atomic E-state index is -1.16. The SMILES string of the molecule is CC(NC(=O)CNC(=O)Cc1cccc(F)c1)C(=O)O. The fourth-order valence-corrected chi connectivity index (χ4v) is 1.43. The van der Waals surface area contributed by atoms with Crippen molar-refractivity contribution < 1.29 is 23.9 Å². The first-order valence-electron chi connectivity index (χ1n) is 5.92. The van der Waals surface area contributed by atoms with Crippen LogP contribution in [0.1, 0.15) is 12.5 Å². The summed E-state index contributed by atoms with van der Waals surface area (Å²) < 4.78 is 12.9. The van der Waals surface area contributed by atoms with E-state index in [2.05, 4.69) is 10.6 Å². The number of carboxylic acid groups (broad SMARTS) is 1. The van der Waals surface area contributed by atoms with Crippen LogP contribution in [0.3, 0.4) is 0 Å². The molecule has 2 amide bonds. The summed E-state index contributed by atoms with van der Waals surface area (Å²) >= 11 is 0. The van der Waals surface area contributed by atoms with E-state index in [0.29, 0.717) is 5.56 Å². The monoisotopic (exact) mass is 282 g/mol. The topological polar surface area (TPSA) is 95.5 Å². The molecule has 0 radical (unpaired) electrons. The van der Waals surface area contributed by atoms with Crippen molar-refractivity contribution in [3.63, 3.8) is 0 Å². The van der Waals surface area contributed by atoms with Crippen LogP contribution in [-0.4, -0.2) is 35.5 Å². The molecule has 1 atom stereocenters. The molecule has 0 spiro atoms. The molecule has 0 fully saturated rings. The lowest BCUT2D eigenvalue weighted by molar-refractivity contribution is -0.141. The van der Waals surface area contributed by atoms with Gasteiger partial charge in [0.25, 0.3) is 0 Å². The summed E-state index contributed by atoms with van der Waals surface area (Å²) in [5.74, 6) is -2.66. The highest BCUT2D eigenvalue weighted by Gasteiger charge is 2.14. The van der Waals surface area contributed by atoms with Crippen molar-refractivity contribution in [1.82, 2.24) is 10.6 Å². The van der Waals surface area contributed by atoms with Gasteiger partial charge < -0.3 is 15.7 Å². The molecule has 0 aromatic heterocycles. The van der Waals surface area contributed by atoms with E-state index in [1.54, 1.807) is 6.07 Å². The van der Waals surface area contributed by atoms with Gasteiger partial charge in [0, 0.05) is 0 Å². The van der Waals surface area contributed by atoms with Crippen molar-refractivity contribution in [2.24, 2.45) is 0 Å². The van der Waals surface area contributed by atoms with Crippen LogP contribution >= 0.6 is 0 Å². The van der Waals surface area contributed by atoms with Gasteiger partial charge in [0.1, 0.15) is 11.9 Å². The first kappa shape index (κ1) is 15.6. The second-order valence-electron chi connectivity index (χ2n) is 4.21. The Kier molecular flexibility index (Phi) is 5.64. The molecule has 0 saturated carbocycles. The van der Waals surface area contributed by atoms with Crippen LogP contribution in [0.25, 0.3) is 0 Å². The van der Waals surface area contributed by atoms with Gasteiger partial charge in [-0.15, -0.1) is 0 Å². The number of halogens is 1. The second-order valence-corrected chi connectivity index (χ2v) is 4.21. The first-order valence-corrected chi connectivity index (χ1v) is 5.92. The Bertz CT molecular complexity index is 519. The summed E-state index contributed by atoms with van der Waals surface area (Å²) in [6.07, 6.45) is -0.0560. The maximum absolute atomic E-state index is 12.9. The van der Waals surface area contributed by atoms with E-state index in [0.717, 1.165) is 0 Å². The van der Waals surface area contributed by atoms with Gasteiger partial charge in [0.2, 0.25) is 11.8 Å². The highest BCUT2D eigenvalue weighted by atomic mass is 19.1. The lowest BCUT2D eigenvalue weighted by Gasteiger charge is -2.10. The summed E-state index contributed by atoms with van der Waals surface area (Å²) in [5.41, 5.74) is 0.488. The second kappa shape index (κ2) is 7.22. The molecule has 7 heteroatoms. The van der Waals surface area contributed by atoms with Crippen molar-refractivity contribution in [2.75, 3.05) is 6.54 Å². The molecule has 0 aliphatic heterocycles. The number of amides is 2. The van der Waals surface area contributed by atoms with Crippen molar-refractivity contribution in [3.05, 3.63) is 35.6 Å². The lowest BCUT2D eigenvalue weighted by Crippen LogP contribution is -2.44. The highest BCUT2D eigenvalue weighted by Crippen LogP contribution is 2.03. The Hall–Kier alpha value is -2.44. The fraction of sp³-hybridized carbons (Fsp3) is 0.308. The third kappa shape index (κ3) is 5.47. The van der Waals surface area contributed by atoms with E-state index >= 15 is 0 Å². The van der Waals surface area contributed by atoms with Gasteiger partial charge in [0.05, 0.1) is 13.0 Å². The van der Waals surface area contributed by atoms with Crippen LogP contribution in [0.2, 0.25) is 0 Å². The van der Waals surface area contributed by atoms with Crippen molar-refractivity contribution in [2.45, 2.75) is 19.4 Å². The molecule has 6 nitrogen and oxygen atoms in total. The van der Waals surface area contributed by atoms with Gasteiger partial charge in [-0.25, -0.2) is 4.39 Å². The number of carboxylic acids is 1. The van der Waals surface area contributed by atoms with Crippen LogP contribution < -0.4 is 10.6 Å². The zero-order chi connectivity index (χ0) is 15.1. The van der Waals surface area contributed by atoms with Crippen molar-refractivity contribution in [3.8, 4) is 0 Å². The fourth-order valence-electron chi connectivity index (χ4n) is 1.43. The van der Waals surface area contributed by atoms with Crippen LogP contribution in [0, 0.1) is 5.82 Å². The predicted octanol–water partition coefficient (Wildman–Crippen LogP) is 0.0737. The van der Waals surface area contributed by atoms with Crippen molar-refractivity contribution >= 4 is 17.8 Å². The van der Waals surface area contributed by atoms with Crippen LogP contribution in [-0.2, 0) is 20.8 Å². The molecular formula is C13H15FN2O4. The van der Waals surface area contributed by atoms with Crippen LogP contribution in [0.5, 0.6) is 0 Å². The largest absolute Gasteiger partial charge is 0.480 e. The third-order valence-corrected chi connectivity index (χ3v) is 2.45. The Labute approximate surface area is 115 Å². The van der Waals surface area contributed by atoms with E-state index in [1.807, 2.05) is 0 Å². The molecule has 20 heavy (non-hydrogen) atoms. The number of carbonyl (C=O) groups excluding carboxylic acids is 2. The average Bonchev–Trinajstić information content (AvgIpc) is 2.36. The molecule has 3 N–H and O–H groups in total. The lowest BCUT2D eigenvalue weighted by atomic mass is 10.1. The predicted molar refractivity (Wildman–Crippen MR) is 68.4 cm³/mol. The molecule has 0 aliphatic carbocycles. The van der Waals surface area contributed by atoms with Gasteiger partial charge in [-0.2, -0.15) is 0 Å². The standard InChI is InChI=1S/C13H15FN2O4/c1-8(13(19)20)16-12(18)7-15-11(17)6-9-3-2-4-10(14)5-9/h2-5,8H,6-7H2,1H3,(H,15,17)(H,16,18)(H,19,20). The first-order chi connectivity index (χ1) is 9.38. The summed E-state index contributed by atoms with van der Waals surface area (Å²) in [7, 11) is 0. The Balaban J connectivity index is 2.36. The van der Waals surface area contributed by atoms with Crippen LogP contribution in [0.4, 0.5) is 4.39 Å². The number of hydrogen-bond acceptors (Lipinski definition) is 3. The summed E-state index contributed by atoms with van der Waals surface area (Å²) in [4.78, 5) is 33.3. The molecule has 1 aromatic carbocycles. The molecule has 0 heterocycles. The summed E-state index contributed by atoms with van der Waals surface area (Å²) in [6, 6.07) is 4.55. The van der Waals surface area contributed by atoms with E-state index in [1.165, 1.54) is 25.1 Å². The van der Waals surface area contributed by atoms with Gasteiger partial charge in [-0.05, 0) is 24.6 Å². The van der Waals surface area contributed by atoms with Crippen molar-refractivity contribution in [1.29, 1.82) is 0 Å². The van der Waals surface area contributed by atoms with E-state index < -0.39 is 29.6 Å².